The summed E-state index contributed by atoms with van der Waals surface area (Å²) in [6, 6.07) is 14.7. The molecule has 3 rings (SSSR count). The zero-order valence-corrected chi connectivity index (χ0v) is 14.4. The van der Waals surface area contributed by atoms with Crippen LogP contribution in [0.3, 0.4) is 0 Å². The molecular weight excluding hydrogens is 302 g/mol. The fourth-order valence-electron chi connectivity index (χ4n) is 2.56. The highest BCUT2D eigenvalue weighted by Crippen LogP contribution is 2.18. The summed E-state index contributed by atoms with van der Waals surface area (Å²) in [7, 11) is 2.17. The van der Waals surface area contributed by atoms with Gasteiger partial charge in [0.2, 0.25) is 0 Å². The van der Waals surface area contributed by atoms with Gasteiger partial charge in [-0.2, -0.15) is 0 Å². The molecule has 3 nitrogen and oxygen atoms in total. The van der Waals surface area contributed by atoms with Crippen molar-refractivity contribution >= 4 is 11.3 Å². The number of hydrogen-bond acceptors (Lipinski definition) is 4. The molecule has 23 heavy (non-hydrogen) atoms. The van der Waals surface area contributed by atoms with Crippen LogP contribution >= 0.6 is 11.3 Å². The first kappa shape index (κ1) is 15.8. The lowest BCUT2D eigenvalue weighted by molar-refractivity contribution is 0.332. The zero-order valence-electron chi connectivity index (χ0n) is 13.6. The quantitative estimate of drug-likeness (QED) is 0.681. The van der Waals surface area contributed by atoms with Crippen molar-refractivity contribution < 1.29 is 0 Å². The van der Waals surface area contributed by atoms with Gasteiger partial charge in [0, 0.05) is 29.7 Å². The Bertz CT molecular complexity index is 735. The van der Waals surface area contributed by atoms with E-state index in [-0.39, 0.29) is 0 Å². The summed E-state index contributed by atoms with van der Waals surface area (Å²) in [6.07, 6.45) is 2.90. The molecular formula is C19H21N3S. The molecule has 0 aliphatic heterocycles. The Hall–Kier alpha value is -2.04. The monoisotopic (exact) mass is 323 g/mol. The molecule has 0 bridgehead atoms. The molecule has 0 aliphatic carbocycles. The minimum absolute atomic E-state index is 0.959. The molecule has 1 aromatic carbocycles. The van der Waals surface area contributed by atoms with E-state index in [1.165, 1.54) is 16.1 Å². The number of hydrogen-bond donors (Lipinski definition) is 0. The number of benzene rings is 1. The van der Waals surface area contributed by atoms with Gasteiger partial charge < -0.3 is 4.90 Å². The number of pyridine rings is 1. The molecule has 0 radical (unpaired) electrons. The molecule has 3 aromatic rings. The summed E-state index contributed by atoms with van der Waals surface area (Å²) in [6.45, 7) is 4.09. The van der Waals surface area contributed by atoms with Crippen molar-refractivity contribution in [3.63, 3.8) is 0 Å². The molecule has 0 amide bonds. The van der Waals surface area contributed by atoms with Gasteiger partial charge in [-0.15, -0.1) is 11.3 Å². The SMILES string of the molecule is Cc1ncsc1CCN(C)Cc1ccc(-c2ccccn2)cc1. The van der Waals surface area contributed by atoms with Crippen molar-refractivity contribution in [3.05, 3.63) is 70.3 Å². The van der Waals surface area contributed by atoms with E-state index in [9.17, 15) is 0 Å². The number of rotatable bonds is 6. The summed E-state index contributed by atoms with van der Waals surface area (Å²) < 4.78 is 0. The Labute approximate surface area is 141 Å². The molecule has 0 N–H and O–H groups in total. The van der Waals surface area contributed by atoms with Gasteiger partial charge in [0.25, 0.3) is 0 Å². The van der Waals surface area contributed by atoms with Gasteiger partial charge in [-0.3, -0.25) is 4.98 Å². The summed E-state index contributed by atoms with van der Waals surface area (Å²) in [5.41, 5.74) is 6.61. The van der Waals surface area contributed by atoms with E-state index in [1.54, 1.807) is 11.3 Å². The maximum absolute atomic E-state index is 4.39. The first-order valence-electron chi connectivity index (χ1n) is 7.80. The molecule has 2 heterocycles. The van der Waals surface area contributed by atoms with Crippen LogP contribution in [0.4, 0.5) is 0 Å². The highest BCUT2D eigenvalue weighted by atomic mass is 32.1. The van der Waals surface area contributed by atoms with Crippen LogP contribution in [0.1, 0.15) is 16.1 Å². The van der Waals surface area contributed by atoms with Crippen LogP contribution in [-0.4, -0.2) is 28.5 Å². The van der Waals surface area contributed by atoms with E-state index in [2.05, 4.69) is 53.1 Å². The third kappa shape index (κ3) is 4.24. The van der Waals surface area contributed by atoms with Crippen LogP contribution in [0.25, 0.3) is 11.3 Å². The number of aromatic nitrogens is 2. The minimum atomic E-state index is 0.959. The number of nitrogens with zero attached hydrogens (tertiary/aromatic N) is 3. The summed E-state index contributed by atoms with van der Waals surface area (Å²) >= 11 is 1.75. The summed E-state index contributed by atoms with van der Waals surface area (Å²) in [5.74, 6) is 0. The highest BCUT2D eigenvalue weighted by molar-refractivity contribution is 7.09. The van der Waals surface area contributed by atoms with Crippen LogP contribution < -0.4 is 0 Å². The van der Waals surface area contributed by atoms with Crippen molar-refractivity contribution in [2.24, 2.45) is 0 Å². The van der Waals surface area contributed by atoms with Crippen LogP contribution in [0.2, 0.25) is 0 Å². The second-order valence-corrected chi connectivity index (χ2v) is 6.70. The summed E-state index contributed by atoms with van der Waals surface area (Å²) in [4.78, 5) is 12.4. The van der Waals surface area contributed by atoms with Gasteiger partial charge >= 0.3 is 0 Å². The molecule has 4 heteroatoms. The fourth-order valence-corrected chi connectivity index (χ4v) is 3.33. The standard InChI is InChI=1S/C19H21N3S/c1-15-19(23-14-21-15)10-12-22(2)13-16-6-8-17(9-7-16)18-5-3-4-11-20-18/h3-9,11,14H,10,12-13H2,1-2H3. The van der Waals surface area contributed by atoms with Crippen LogP contribution in [0.5, 0.6) is 0 Å². The largest absolute Gasteiger partial charge is 0.302 e. The van der Waals surface area contributed by atoms with Crippen molar-refractivity contribution in [3.8, 4) is 11.3 Å². The number of thiazole rings is 1. The maximum atomic E-state index is 4.39. The van der Waals surface area contributed by atoms with Crippen molar-refractivity contribution in [2.75, 3.05) is 13.6 Å². The van der Waals surface area contributed by atoms with Crippen LogP contribution in [0, 0.1) is 6.92 Å². The van der Waals surface area contributed by atoms with E-state index in [1.807, 2.05) is 29.9 Å². The van der Waals surface area contributed by atoms with Gasteiger partial charge in [-0.05, 0) is 38.1 Å². The molecule has 0 aliphatic rings. The molecule has 0 spiro atoms. The first-order chi connectivity index (χ1) is 11.2. The smallest absolute Gasteiger partial charge is 0.0797 e. The van der Waals surface area contributed by atoms with Gasteiger partial charge in [0.1, 0.15) is 0 Å². The van der Waals surface area contributed by atoms with Gasteiger partial charge in [-0.25, -0.2) is 4.98 Å². The Morgan fingerprint density at radius 1 is 1.04 bits per heavy atom. The van der Waals surface area contributed by atoms with E-state index in [0.717, 1.165) is 30.8 Å². The summed E-state index contributed by atoms with van der Waals surface area (Å²) in [5, 5.41) is 0. The highest BCUT2D eigenvalue weighted by Gasteiger charge is 2.05. The molecule has 0 fully saturated rings. The third-order valence-corrected chi connectivity index (χ3v) is 4.93. The Balaban J connectivity index is 1.56. The van der Waals surface area contributed by atoms with Crippen molar-refractivity contribution in [2.45, 2.75) is 19.9 Å². The van der Waals surface area contributed by atoms with Crippen molar-refractivity contribution in [1.29, 1.82) is 0 Å². The average Bonchev–Trinajstić information content (AvgIpc) is 3.00. The van der Waals surface area contributed by atoms with Gasteiger partial charge in [0.05, 0.1) is 16.9 Å². The third-order valence-electron chi connectivity index (χ3n) is 3.93. The average molecular weight is 323 g/mol. The Morgan fingerprint density at radius 3 is 2.52 bits per heavy atom. The lowest BCUT2D eigenvalue weighted by atomic mass is 10.1. The Kier molecular flexibility index (Phi) is 5.16. The lowest BCUT2D eigenvalue weighted by Crippen LogP contribution is -2.20. The Morgan fingerprint density at radius 2 is 1.87 bits per heavy atom. The van der Waals surface area contributed by atoms with Gasteiger partial charge in [-0.1, -0.05) is 30.3 Å². The number of likely N-dealkylation sites (N-methyl/N-ethyl adjacent to an activating group) is 1. The number of aryl methyl sites for hydroxylation is 1. The molecule has 2 aromatic heterocycles. The first-order valence-corrected chi connectivity index (χ1v) is 8.68. The van der Waals surface area contributed by atoms with E-state index in [0.29, 0.717) is 0 Å². The van der Waals surface area contributed by atoms with E-state index >= 15 is 0 Å². The fraction of sp³-hybridized carbons (Fsp3) is 0.263. The predicted molar refractivity (Wildman–Crippen MR) is 96.6 cm³/mol. The zero-order chi connectivity index (χ0) is 16.1. The van der Waals surface area contributed by atoms with Crippen LogP contribution in [0.15, 0.2) is 54.2 Å². The lowest BCUT2D eigenvalue weighted by Gasteiger charge is -2.16. The molecule has 0 saturated carbocycles. The second kappa shape index (κ2) is 7.49. The topological polar surface area (TPSA) is 29.0 Å². The molecule has 0 saturated heterocycles. The molecule has 0 unspecified atom stereocenters. The van der Waals surface area contributed by atoms with Crippen LogP contribution in [-0.2, 0) is 13.0 Å². The molecule has 0 atom stereocenters. The predicted octanol–water partition coefficient (Wildman–Crippen LogP) is 4.19. The van der Waals surface area contributed by atoms with E-state index < -0.39 is 0 Å². The minimum Gasteiger partial charge on any atom is -0.302 e. The second-order valence-electron chi connectivity index (χ2n) is 5.76. The normalized spacial score (nSPS) is 11.1. The molecule has 118 valence electrons. The maximum Gasteiger partial charge on any atom is 0.0797 e. The van der Waals surface area contributed by atoms with Gasteiger partial charge in [0.15, 0.2) is 0 Å². The van der Waals surface area contributed by atoms with Crippen molar-refractivity contribution in [1.82, 2.24) is 14.9 Å². The van der Waals surface area contributed by atoms with E-state index in [4.69, 9.17) is 0 Å².